The van der Waals surface area contributed by atoms with E-state index in [0.717, 1.165) is 24.3 Å². The van der Waals surface area contributed by atoms with Crippen molar-refractivity contribution in [2.75, 3.05) is 43.5 Å². The van der Waals surface area contributed by atoms with E-state index < -0.39 is 0 Å². The summed E-state index contributed by atoms with van der Waals surface area (Å²) in [7, 11) is 0. The first-order valence-corrected chi connectivity index (χ1v) is 7.52. The number of morpholine rings is 1. The highest BCUT2D eigenvalue weighted by Gasteiger charge is 2.22. The number of aromatic nitrogens is 1. The Morgan fingerprint density at radius 3 is 2.81 bits per heavy atom. The third-order valence-corrected chi connectivity index (χ3v) is 3.39. The SMILES string of the molecule is CCCNc1cncc(NC(C)C(=O)N2CCOCC2)c1. The van der Waals surface area contributed by atoms with E-state index in [-0.39, 0.29) is 11.9 Å². The van der Waals surface area contributed by atoms with Crippen LogP contribution in [0.3, 0.4) is 0 Å². The van der Waals surface area contributed by atoms with Crippen molar-refractivity contribution in [3.8, 4) is 0 Å². The van der Waals surface area contributed by atoms with Crippen LogP contribution in [0.4, 0.5) is 11.4 Å². The number of pyridine rings is 1. The minimum absolute atomic E-state index is 0.102. The lowest BCUT2D eigenvalue weighted by atomic mass is 10.2. The fourth-order valence-corrected chi connectivity index (χ4v) is 2.25. The Morgan fingerprint density at radius 1 is 1.38 bits per heavy atom. The minimum Gasteiger partial charge on any atom is -0.384 e. The van der Waals surface area contributed by atoms with Crippen molar-refractivity contribution in [3.63, 3.8) is 0 Å². The summed E-state index contributed by atoms with van der Waals surface area (Å²) in [5.74, 6) is 0.102. The van der Waals surface area contributed by atoms with Gasteiger partial charge < -0.3 is 20.3 Å². The van der Waals surface area contributed by atoms with Gasteiger partial charge in [-0.05, 0) is 19.4 Å². The molecular formula is C15H24N4O2. The molecule has 1 aliphatic heterocycles. The molecule has 0 aliphatic carbocycles. The molecule has 1 atom stereocenters. The van der Waals surface area contributed by atoms with Crippen LogP contribution in [0, 0.1) is 0 Å². The molecule has 0 aromatic carbocycles. The first-order chi connectivity index (χ1) is 10.2. The van der Waals surface area contributed by atoms with Crippen molar-refractivity contribution in [1.29, 1.82) is 0 Å². The molecule has 6 heteroatoms. The number of nitrogens with one attached hydrogen (secondary N) is 2. The second-order valence-electron chi connectivity index (χ2n) is 5.19. The number of carbonyl (C=O) groups is 1. The highest BCUT2D eigenvalue weighted by atomic mass is 16.5. The maximum Gasteiger partial charge on any atom is 0.244 e. The Bertz CT molecular complexity index is 461. The minimum atomic E-state index is -0.272. The van der Waals surface area contributed by atoms with Gasteiger partial charge in [-0.15, -0.1) is 0 Å². The Morgan fingerprint density at radius 2 is 2.10 bits per heavy atom. The second kappa shape index (κ2) is 7.83. The van der Waals surface area contributed by atoms with Crippen LogP contribution in [-0.4, -0.2) is 54.7 Å². The quantitative estimate of drug-likeness (QED) is 0.833. The van der Waals surface area contributed by atoms with Crippen LogP contribution in [0.25, 0.3) is 0 Å². The van der Waals surface area contributed by atoms with Gasteiger partial charge in [-0.25, -0.2) is 0 Å². The Balaban J connectivity index is 1.91. The summed E-state index contributed by atoms with van der Waals surface area (Å²) in [6.07, 6.45) is 4.58. The largest absolute Gasteiger partial charge is 0.384 e. The van der Waals surface area contributed by atoms with Crippen LogP contribution < -0.4 is 10.6 Å². The molecule has 1 aliphatic rings. The molecule has 21 heavy (non-hydrogen) atoms. The van der Waals surface area contributed by atoms with E-state index in [1.165, 1.54) is 0 Å². The van der Waals surface area contributed by atoms with Crippen LogP contribution in [0.1, 0.15) is 20.3 Å². The number of hydrogen-bond acceptors (Lipinski definition) is 5. The van der Waals surface area contributed by atoms with E-state index in [9.17, 15) is 4.79 Å². The van der Waals surface area contributed by atoms with Gasteiger partial charge in [0.25, 0.3) is 0 Å². The number of ether oxygens (including phenoxy) is 1. The molecule has 1 unspecified atom stereocenters. The summed E-state index contributed by atoms with van der Waals surface area (Å²) in [5, 5.41) is 6.51. The number of hydrogen-bond donors (Lipinski definition) is 2. The zero-order valence-corrected chi connectivity index (χ0v) is 12.8. The number of carbonyl (C=O) groups excluding carboxylic acids is 1. The van der Waals surface area contributed by atoms with Crippen molar-refractivity contribution in [2.24, 2.45) is 0 Å². The van der Waals surface area contributed by atoms with Crippen molar-refractivity contribution in [2.45, 2.75) is 26.3 Å². The zero-order valence-electron chi connectivity index (χ0n) is 12.8. The van der Waals surface area contributed by atoms with Gasteiger partial charge in [0.15, 0.2) is 0 Å². The van der Waals surface area contributed by atoms with Gasteiger partial charge in [0.05, 0.1) is 37.0 Å². The summed E-state index contributed by atoms with van der Waals surface area (Å²) in [6.45, 7) is 7.48. The van der Waals surface area contributed by atoms with Crippen molar-refractivity contribution >= 4 is 17.3 Å². The van der Waals surface area contributed by atoms with Gasteiger partial charge in [-0.2, -0.15) is 0 Å². The Hall–Kier alpha value is -1.82. The van der Waals surface area contributed by atoms with Gasteiger partial charge in [0.1, 0.15) is 6.04 Å². The first-order valence-electron chi connectivity index (χ1n) is 7.52. The van der Waals surface area contributed by atoms with E-state index in [2.05, 4.69) is 22.5 Å². The number of amides is 1. The molecule has 1 aromatic rings. The molecule has 0 radical (unpaired) electrons. The lowest BCUT2D eigenvalue weighted by molar-refractivity contribution is -0.135. The third kappa shape index (κ3) is 4.60. The summed E-state index contributed by atoms with van der Waals surface area (Å²) in [6, 6.07) is 1.71. The van der Waals surface area contributed by atoms with E-state index >= 15 is 0 Å². The maximum absolute atomic E-state index is 12.3. The van der Waals surface area contributed by atoms with E-state index in [0.29, 0.717) is 26.3 Å². The highest BCUT2D eigenvalue weighted by Crippen LogP contribution is 2.14. The summed E-state index contributed by atoms with van der Waals surface area (Å²) in [4.78, 5) is 18.4. The fourth-order valence-electron chi connectivity index (χ4n) is 2.25. The predicted molar refractivity (Wildman–Crippen MR) is 83.5 cm³/mol. The Labute approximate surface area is 125 Å². The van der Waals surface area contributed by atoms with Crippen molar-refractivity contribution in [1.82, 2.24) is 9.88 Å². The molecule has 116 valence electrons. The zero-order chi connectivity index (χ0) is 15.1. The number of rotatable bonds is 6. The topological polar surface area (TPSA) is 66.5 Å². The van der Waals surface area contributed by atoms with Gasteiger partial charge in [0, 0.05) is 19.6 Å². The second-order valence-corrected chi connectivity index (χ2v) is 5.19. The van der Waals surface area contributed by atoms with Crippen LogP contribution >= 0.6 is 0 Å². The average molecular weight is 292 g/mol. The monoisotopic (exact) mass is 292 g/mol. The molecule has 6 nitrogen and oxygen atoms in total. The molecule has 0 bridgehead atoms. The number of anilines is 2. The van der Waals surface area contributed by atoms with Crippen molar-refractivity contribution < 1.29 is 9.53 Å². The summed E-state index contributed by atoms with van der Waals surface area (Å²) < 4.78 is 5.27. The Kier molecular flexibility index (Phi) is 5.80. The van der Waals surface area contributed by atoms with E-state index in [1.807, 2.05) is 17.9 Å². The summed E-state index contributed by atoms with van der Waals surface area (Å²) >= 11 is 0. The van der Waals surface area contributed by atoms with Crippen LogP contribution in [0.15, 0.2) is 18.5 Å². The molecule has 1 aromatic heterocycles. The molecule has 1 fully saturated rings. The van der Waals surface area contributed by atoms with Gasteiger partial charge in [-0.3, -0.25) is 9.78 Å². The van der Waals surface area contributed by atoms with Crippen molar-refractivity contribution in [3.05, 3.63) is 18.5 Å². The molecule has 1 saturated heterocycles. The third-order valence-electron chi connectivity index (χ3n) is 3.39. The summed E-state index contributed by atoms with van der Waals surface area (Å²) in [5.41, 5.74) is 1.82. The smallest absolute Gasteiger partial charge is 0.244 e. The normalized spacial score (nSPS) is 16.4. The molecule has 0 saturated carbocycles. The fraction of sp³-hybridized carbons (Fsp3) is 0.600. The van der Waals surface area contributed by atoms with Gasteiger partial charge in [-0.1, -0.05) is 6.92 Å². The highest BCUT2D eigenvalue weighted by molar-refractivity contribution is 5.84. The molecule has 2 rings (SSSR count). The molecule has 1 amide bonds. The van der Waals surface area contributed by atoms with Crippen LogP contribution in [0.5, 0.6) is 0 Å². The molecular weight excluding hydrogens is 268 g/mol. The van der Waals surface area contributed by atoms with E-state index in [1.54, 1.807) is 12.4 Å². The number of nitrogens with zero attached hydrogens (tertiary/aromatic N) is 2. The molecule has 2 heterocycles. The van der Waals surface area contributed by atoms with Gasteiger partial charge in [0.2, 0.25) is 5.91 Å². The molecule has 0 spiro atoms. The first kappa shape index (κ1) is 15.6. The van der Waals surface area contributed by atoms with E-state index in [4.69, 9.17) is 4.74 Å². The predicted octanol–water partition coefficient (Wildman–Crippen LogP) is 1.56. The molecule has 2 N–H and O–H groups in total. The average Bonchev–Trinajstić information content (AvgIpc) is 2.53. The lowest BCUT2D eigenvalue weighted by Gasteiger charge is -2.29. The standard InChI is InChI=1S/C15H24N4O2/c1-3-4-17-13-9-14(11-16-10-13)18-12(2)15(20)19-5-7-21-8-6-19/h9-12,17-18H,3-8H2,1-2H3. The lowest BCUT2D eigenvalue weighted by Crippen LogP contribution is -2.47. The van der Waals surface area contributed by atoms with Crippen LogP contribution in [-0.2, 0) is 9.53 Å². The maximum atomic E-state index is 12.3. The van der Waals surface area contributed by atoms with Gasteiger partial charge >= 0.3 is 0 Å². The van der Waals surface area contributed by atoms with Crippen LogP contribution in [0.2, 0.25) is 0 Å².